The Morgan fingerprint density at radius 3 is 2.75 bits per heavy atom. The van der Waals surface area contributed by atoms with Gasteiger partial charge in [0.15, 0.2) is 0 Å². The van der Waals surface area contributed by atoms with Crippen LogP contribution in [0.15, 0.2) is 35.7 Å². The standard InChI is InChI=1S/C17H22N2S/c1-13-11-14(8-9-18)4-7-17(13)19(15-5-6-15)12-16-3-2-10-20-16/h2-4,7,10-11,15H,5-6,8-9,12,18H2,1H3. The molecule has 1 aromatic heterocycles. The van der Waals surface area contributed by atoms with Gasteiger partial charge in [0, 0.05) is 16.6 Å². The highest BCUT2D eigenvalue weighted by Crippen LogP contribution is 2.35. The molecule has 0 saturated heterocycles. The molecule has 0 bridgehead atoms. The summed E-state index contributed by atoms with van der Waals surface area (Å²) in [7, 11) is 0. The van der Waals surface area contributed by atoms with Gasteiger partial charge < -0.3 is 10.6 Å². The highest BCUT2D eigenvalue weighted by Gasteiger charge is 2.30. The molecule has 1 saturated carbocycles. The molecule has 1 aliphatic rings. The zero-order valence-corrected chi connectivity index (χ0v) is 12.8. The van der Waals surface area contributed by atoms with E-state index >= 15 is 0 Å². The smallest absolute Gasteiger partial charge is 0.0526 e. The largest absolute Gasteiger partial charge is 0.363 e. The van der Waals surface area contributed by atoms with Crippen molar-refractivity contribution in [2.24, 2.45) is 5.73 Å². The average Bonchev–Trinajstić information content (AvgIpc) is 3.15. The van der Waals surface area contributed by atoms with Crippen molar-refractivity contribution in [3.05, 3.63) is 51.7 Å². The highest BCUT2D eigenvalue weighted by molar-refractivity contribution is 7.09. The van der Waals surface area contributed by atoms with Crippen LogP contribution < -0.4 is 10.6 Å². The summed E-state index contributed by atoms with van der Waals surface area (Å²) >= 11 is 1.85. The molecule has 2 aromatic rings. The van der Waals surface area contributed by atoms with Crippen LogP contribution in [0.4, 0.5) is 5.69 Å². The number of thiophene rings is 1. The molecule has 3 heteroatoms. The van der Waals surface area contributed by atoms with Crippen molar-refractivity contribution in [3.63, 3.8) is 0 Å². The van der Waals surface area contributed by atoms with E-state index in [0.717, 1.165) is 25.6 Å². The minimum absolute atomic E-state index is 0.723. The fraction of sp³-hybridized carbons (Fsp3) is 0.412. The molecule has 2 N–H and O–H groups in total. The minimum Gasteiger partial charge on any atom is -0.363 e. The van der Waals surface area contributed by atoms with Crippen molar-refractivity contribution >= 4 is 17.0 Å². The molecule has 1 aliphatic carbocycles. The van der Waals surface area contributed by atoms with E-state index < -0.39 is 0 Å². The van der Waals surface area contributed by atoms with Crippen LogP contribution in [0.3, 0.4) is 0 Å². The van der Waals surface area contributed by atoms with E-state index in [0.29, 0.717) is 0 Å². The van der Waals surface area contributed by atoms with Gasteiger partial charge in [-0.05, 0) is 61.4 Å². The molecule has 1 fully saturated rings. The number of benzene rings is 1. The summed E-state index contributed by atoms with van der Waals surface area (Å²) in [6.07, 6.45) is 3.63. The van der Waals surface area contributed by atoms with Crippen LogP contribution in [-0.4, -0.2) is 12.6 Å². The van der Waals surface area contributed by atoms with Gasteiger partial charge in [0.05, 0.1) is 6.54 Å². The van der Waals surface area contributed by atoms with Crippen LogP contribution in [0.2, 0.25) is 0 Å². The predicted molar refractivity (Wildman–Crippen MR) is 87.5 cm³/mol. The summed E-state index contributed by atoms with van der Waals surface area (Å²) in [5.41, 5.74) is 9.76. The van der Waals surface area contributed by atoms with Gasteiger partial charge in [-0.25, -0.2) is 0 Å². The third-order valence-electron chi connectivity index (χ3n) is 3.90. The molecular formula is C17H22N2S. The molecule has 20 heavy (non-hydrogen) atoms. The maximum absolute atomic E-state index is 5.65. The Balaban J connectivity index is 1.83. The van der Waals surface area contributed by atoms with Crippen LogP contribution >= 0.6 is 11.3 Å². The van der Waals surface area contributed by atoms with E-state index in [4.69, 9.17) is 5.73 Å². The lowest BCUT2D eigenvalue weighted by Gasteiger charge is -2.26. The summed E-state index contributed by atoms with van der Waals surface area (Å²) in [6, 6.07) is 11.9. The fourth-order valence-electron chi connectivity index (χ4n) is 2.73. The first kappa shape index (κ1) is 13.7. The van der Waals surface area contributed by atoms with E-state index in [-0.39, 0.29) is 0 Å². The van der Waals surface area contributed by atoms with E-state index in [1.807, 2.05) is 11.3 Å². The Bertz CT molecular complexity index is 558. The molecule has 106 valence electrons. The number of anilines is 1. The van der Waals surface area contributed by atoms with Crippen molar-refractivity contribution in [1.82, 2.24) is 0 Å². The first-order valence-electron chi connectivity index (χ1n) is 7.36. The van der Waals surface area contributed by atoms with Gasteiger partial charge in [0.2, 0.25) is 0 Å². The van der Waals surface area contributed by atoms with Crippen LogP contribution in [-0.2, 0) is 13.0 Å². The first-order valence-corrected chi connectivity index (χ1v) is 8.24. The molecule has 0 unspecified atom stereocenters. The van der Waals surface area contributed by atoms with Gasteiger partial charge in [-0.3, -0.25) is 0 Å². The molecular weight excluding hydrogens is 264 g/mol. The van der Waals surface area contributed by atoms with Crippen molar-refractivity contribution in [3.8, 4) is 0 Å². The first-order chi connectivity index (χ1) is 9.78. The lowest BCUT2D eigenvalue weighted by molar-refractivity contribution is 0.799. The topological polar surface area (TPSA) is 29.3 Å². The van der Waals surface area contributed by atoms with Gasteiger partial charge >= 0.3 is 0 Å². The number of hydrogen-bond donors (Lipinski definition) is 1. The van der Waals surface area contributed by atoms with E-state index in [1.54, 1.807) is 0 Å². The van der Waals surface area contributed by atoms with Gasteiger partial charge in [-0.1, -0.05) is 18.2 Å². The SMILES string of the molecule is Cc1cc(CCN)ccc1N(Cc1cccs1)C1CC1. The molecule has 0 atom stereocenters. The summed E-state index contributed by atoms with van der Waals surface area (Å²) < 4.78 is 0. The van der Waals surface area contributed by atoms with Crippen molar-refractivity contribution < 1.29 is 0 Å². The third-order valence-corrected chi connectivity index (χ3v) is 4.76. The van der Waals surface area contributed by atoms with Crippen molar-refractivity contribution in [2.75, 3.05) is 11.4 Å². The number of aryl methyl sites for hydroxylation is 1. The zero-order chi connectivity index (χ0) is 13.9. The number of rotatable bonds is 6. The molecule has 0 aliphatic heterocycles. The van der Waals surface area contributed by atoms with Crippen LogP contribution in [0.5, 0.6) is 0 Å². The van der Waals surface area contributed by atoms with Crippen LogP contribution in [0.25, 0.3) is 0 Å². The molecule has 1 aromatic carbocycles. The summed E-state index contributed by atoms with van der Waals surface area (Å²) in [5, 5.41) is 2.16. The lowest BCUT2D eigenvalue weighted by atomic mass is 10.1. The maximum atomic E-state index is 5.65. The van der Waals surface area contributed by atoms with E-state index in [2.05, 4.69) is 47.5 Å². The Labute approximate surface area is 125 Å². The van der Waals surface area contributed by atoms with Gasteiger partial charge in [-0.2, -0.15) is 0 Å². The number of nitrogens with two attached hydrogens (primary N) is 1. The lowest BCUT2D eigenvalue weighted by Crippen LogP contribution is -2.25. The van der Waals surface area contributed by atoms with Crippen LogP contribution in [0.1, 0.15) is 28.8 Å². The predicted octanol–water partition coefficient (Wildman–Crippen LogP) is 3.73. The number of hydrogen-bond acceptors (Lipinski definition) is 3. The molecule has 0 spiro atoms. The maximum Gasteiger partial charge on any atom is 0.0526 e. The highest BCUT2D eigenvalue weighted by atomic mass is 32.1. The van der Waals surface area contributed by atoms with E-state index in [1.165, 1.54) is 34.5 Å². The third kappa shape index (κ3) is 3.05. The van der Waals surface area contributed by atoms with E-state index in [9.17, 15) is 0 Å². The van der Waals surface area contributed by atoms with Crippen molar-refractivity contribution in [1.29, 1.82) is 0 Å². The van der Waals surface area contributed by atoms with Gasteiger partial charge in [0.1, 0.15) is 0 Å². The summed E-state index contributed by atoms with van der Waals surface area (Å²) in [4.78, 5) is 4.02. The average molecular weight is 286 g/mol. The fourth-order valence-corrected chi connectivity index (χ4v) is 3.43. The molecule has 0 radical (unpaired) electrons. The Morgan fingerprint density at radius 2 is 2.15 bits per heavy atom. The second kappa shape index (κ2) is 5.98. The quantitative estimate of drug-likeness (QED) is 0.877. The normalized spacial score (nSPS) is 14.5. The number of nitrogens with zero attached hydrogens (tertiary/aromatic N) is 1. The molecule has 0 amide bonds. The van der Waals surface area contributed by atoms with Crippen LogP contribution in [0, 0.1) is 6.92 Å². The summed E-state index contributed by atoms with van der Waals surface area (Å²) in [6.45, 7) is 3.99. The Hall–Kier alpha value is -1.32. The Morgan fingerprint density at radius 1 is 1.30 bits per heavy atom. The molecule has 3 rings (SSSR count). The monoisotopic (exact) mass is 286 g/mol. The second-order valence-electron chi connectivity index (χ2n) is 5.60. The minimum atomic E-state index is 0.723. The molecule has 1 heterocycles. The molecule has 2 nitrogen and oxygen atoms in total. The van der Waals surface area contributed by atoms with Gasteiger partial charge in [0.25, 0.3) is 0 Å². The second-order valence-corrected chi connectivity index (χ2v) is 6.63. The summed E-state index contributed by atoms with van der Waals surface area (Å²) in [5.74, 6) is 0. The van der Waals surface area contributed by atoms with Gasteiger partial charge in [-0.15, -0.1) is 11.3 Å². The zero-order valence-electron chi connectivity index (χ0n) is 12.0. The van der Waals surface area contributed by atoms with Crippen molar-refractivity contribution in [2.45, 2.75) is 38.8 Å². The Kier molecular flexibility index (Phi) is 4.08.